The molecule has 0 aliphatic rings. The second-order valence-electron chi connectivity index (χ2n) is 5.85. The van der Waals surface area contributed by atoms with Crippen LogP contribution in [0.3, 0.4) is 0 Å². The molecule has 0 aliphatic heterocycles. The molecule has 0 saturated carbocycles. The third kappa shape index (κ3) is 4.81. The molecule has 2 aromatic carbocycles. The minimum absolute atomic E-state index is 0.129. The summed E-state index contributed by atoms with van der Waals surface area (Å²) >= 11 is 12.1. The van der Waals surface area contributed by atoms with Crippen molar-refractivity contribution in [2.45, 2.75) is 19.8 Å². The van der Waals surface area contributed by atoms with Gasteiger partial charge in [-0.25, -0.2) is 0 Å². The molecule has 0 saturated heterocycles. The van der Waals surface area contributed by atoms with Crippen LogP contribution in [0.4, 0.5) is 5.69 Å². The van der Waals surface area contributed by atoms with E-state index in [0.29, 0.717) is 28.1 Å². The minimum atomic E-state index is -0.459. The number of halogens is 2. The molecule has 140 valence electrons. The van der Waals surface area contributed by atoms with E-state index in [2.05, 4.69) is 17.4 Å². The molecule has 1 heterocycles. The average Bonchev–Trinajstić information content (AvgIpc) is 3.16. The largest absolute Gasteiger partial charge is 0.494 e. The number of hydrogen-bond donors (Lipinski definition) is 1. The average molecular weight is 405 g/mol. The molecule has 0 unspecified atom stereocenters. The minimum Gasteiger partial charge on any atom is -0.494 e. The van der Waals surface area contributed by atoms with Gasteiger partial charge in [-0.3, -0.25) is 4.79 Å². The van der Waals surface area contributed by atoms with E-state index >= 15 is 0 Å². The summed E-state index contributed by atoms with van der Waals surface area (Å²) in [5.41, 5.74) is 1.26. The van der Waals surface area contributed by atoms with Crippen molar-refractivity contribution in [3.05, 3.63) is 64.3 Å². The number of anilines is 1. The van der Waals surface area contributed by atoms with Gasteiger partial charge < -0.3 is 14.6 Å². The van der Waals surface area contributed by atoms with Crippen LogP contribution in [0.15, 0.2) is 53.1 Å². The Morgan fingerprint density at radius 1 is 1.15 bits per heavy atom. The van der Waals surface area contributed by atoms with E-state index in [1.807, 2.05) is 24.3 Å². The first-order valence-corrected chi connectivity index (χ1v) is 9.29. The topological polar surface area (TPSA) is 64.4 Å². The van der Waals surface area contributed by atoms with Gasteiger partial charge in [0.25, 0.3) is 5.91 Å². The third-order valence-corrected chi connectivity index (χ3v) is 4.48. The van der Waals surface area contributed by atoms with Crippen LogP contribution in [-0.2, 0) is 0 Å². The number of unbranched alkanes of at least 4 members (excludes halogenated alkanes) is 1. The molecule has 1 aromatic heterocycles. The van der Waals surface area contributed by atoms with Crippen molar-refractivity contribution in [1.82, 2.24) is 5.16 Å². The van der Waals surface area contributed by atoms with Gasteiger partial charge in [0.15, 0.2) is 11.5 Å². The van der Waals surface area contributed by atoms with Gasteiger partial charge in [-0.1, -0.05) is 47.8 Å². The lowest BCUT2D eigenvalue weighted by Gasteiger charge is -2.07. The van der Waals surface area contributed by atoms with E-state index < -0.39 is 5.91 Å². The number of benzene rings is 2. The molecule has 7 heteroatoms. The fourth-order valence-corrected chi connectivity index (χ4v) is 2.85. The maximum Gasteiger partial charge on any atom is 0.277 e. The summed E-state index contributed by atoms with van der Waals surface area (Å²) < 4.78 is 10.9. The summed E-state index contributed by atoms with van der Waals surface area (Å²) in [4.78, 5) is 12.4. The summed E-state index contributed by atoms with van der Waals surface area (Å²) in [6, 6.07) is 14.0. The number of aromatic nitrogens is 1. The molecule has 1 amide bonds. The maximum absolute atomic E-state index is 12.4. The molecule has 0 bridgehead atoms. The van der Waals surface area contributed by atoms with Gasteiger partial charge in [-0.05, 0) is 42.8 Å². The first-order chi connectivity index (χ1) is 13.1. The molecule has 1 N–H and O–H groups in total. The Bertz CT molecular complexity index is 903. The zero-order valence-corrected chi connectivity index (χ0v) is 16.2. The SMILES string of the molecule is CCCCOc1ccc(-c2cc(C(=O)Nc3c(Cl)cccc3Cl)no2)cc1. The molecule has 3 aromatic rings. The third-order valence-electron chi connectivity index (χ3n) is 3.85. The van der Waals surface area contributed by atoms with Crippen molar-refractivity contribution in [3.63, 3.8) is 0 Å². The van der Waals surface area contributed by atoms with Crippen LogP contribution < -0.4 is 10.1 Å². The number of amides is 1. The van der Waals surface area contributed by atoms with E-state index in [0.717, 1.165) is 24.2 Å². The van der Waals surface area contributed by atoms with Crippen molar-refractivity contribution in [1.29, 1.82) is 0 Å². The molecule has 0 atom stereocenters. The van der Waals surface area contributed by atoms with Gasteiger partial charge in [0.1, 0.15) is 5.75 Å². The van der Waals surface area contributed by atoms with E-state index in [-0.39, 0.29) is 5.69 Å². The molecule has 0 radical (unpaired) electrons. The Morgan fingerprint density at radius 3 is 2.52 bits per heavy atom. The zero-order valence-electron chi connectivity index (χ0n) is 14.7. The highest BCUT2D eigenvalue weighted by atomic mass is 35.5. The highest BCUT2D eigenvalue weighted by Gasteiger charge is 2.16. The smallest absolute Gasteiger partial charge is 0.277 e. The maximum atomic E-state index is 12.4. The van der Waals surface area contributed by atoms with Gasteiger partial charge in [-0.2, -0.15) is 0 Å². The monoisotopic (exact) mass is 404 g/mol. The molecular weight excluding hydrogens is 387 g/mol. The summed E-state index contributed by atoms with van der Waals surface area (Å²) in [5, 5.41) is 7.17. The number of nitrogens with zero attached hydrogens (tertiary/aromatic N) is 1. The Balaban J connectivity index is 1.70. The predicted octanol–water partition coefficient (Wildman–Crippen LogP) is 6.08. The van der Waals surface area contributed by atoms with Gasteiger partial charge in [-0.15, -0.1) is 0 Å². The van der Waals surface area contributed by atoms with Crippen molar-refractivity contribution in [3.8, 4) is 17.1 Å². The number of carbonyl (C=O) groups excluding carboxylic acids is 1. The number of para-hydroxylation sites is 1. The van der Waals surface area contributed by atoms with Gasteiger partial charge >= 0.3 is 0 Å². The lowest BCUT2D eigenvalue weighted by Crippen LogP contribution is -2.12. The summed E-state index contributed by atoms with van der Waals surface area (Å²) in [7, 11) is 0. The second-order valence-corrected chi connectivity index (χ2v) is 6.67. The Labute approximate surface area is 167 Å². The molecule has 27 heavy (non-hydrogen) atoms. The lowest BCUT2D eigenvalue weighted by molar-refractivity contribution is 0.101. The summed E-state index contributed by atoms with van der Waals surface area (Å²) in [6.45, 7) is 2.80. The number of rotatable bonds is 7. The molecule has 3 rings (SSSR count). The number of ether oxygens (including phenoxy) is 1. The van der Waals surface area contributed by atoms with Crippen LogP contribution in [0.25, 0.3) is 11.3 Å². The van der Waals surface area contributed by atoms with Crippen LogP contribution in [0.1, 0.15) is 30.3 Å². The Hall–Kier alpha value is -2.50. The normalized spacial score (nSPS) is 10.6. The van der Waals surface area contributed by atoms with E-state index in [4.69, 9.17) is 32.5 Å². The Kier molecular flexibility index (Phi) is 6.37. The van der Waals surface area contributed by atoms with E-state index in [9.17, 15) is 4.79 Å². The summed E-state index contributed by atoms with van der Waals surface area (Å²) in [6.07, 6.45) is 2.10. The van der Waals surface area contributed by atoms with Crippen LogP contribution >= 0.6 is 23.2 Å². The second kappa shape index (κ2) is 8.93. The van der Waals surface area contributed by atoms with Crippen molar-refractivity contribution in [2.75, 3.05) is 11.9 Å². The molecule has 0 fully saturated rings. The van der Waals surface area contributed by atoms with Gasteiger partial charge in [0.2, 0.25) is 0 Å². The van der Waals surface area contributed by atoms with Crippen LogP contribution in [0.5, 0.6) is 5.75 Å². The van der Waals surface area contributed by atoms with E-state index in [1.54, 1.807) is 24.3 Å². The highest BCUT2D eigenvalue weighted by Crippen LogP contribution is 2.30. The van der Waals surface area contributed by atoms with Crippen molar-refractivity contribution < 1.29 is 14.1 Å². The number of hydrogen-bond acceptors (Lipinski definition) is 4. The standard InChI is InChI=1S/C20H18Cl2N2O3/c1-2-3-11-26-14-9-7-13(8-10-14)18-12-17(24-27-18)20(25)23-19-15(21)5-4-6-16(19)22/h4-10,12H,2-3,11H2,1H3,(H,23,25). The fraction of sp³-hybridized carbons (Fsp3) is 0.200. The number of nitrogens with one attached hydrogen (secondary N) is 1. The molecule has 5 nitrogen and oxygen atoms in total. The van der Waals surface area contributed by atoms with Crippen LogP contribution in [0, 0.1) is 0 Å². The zero-order chi connectivity index (χ0) is 19.2. The summed E-state index contributed by atoms with van der Waals surface area (Å²) in [5.74, 6) is 0.808. The van der Waals surface area contributed by atoms with Crippen LogP contribution in [0.2, 0.25) is 10.0 Å². The number of carbonyl (C=O) groups is 1. The Morgan fingerprint density at radius 2 is 1.85 bits per heavy atom. The van der Waals surface area contributed by atoms with Gasteiger partial charge in [0.05, 0.1) is 22.3 Å². The van der Waals surface area contributed by atoms with Crippen molar-refractivity contribution >= 4 is 34.8 Å². The van der Waals surface area contributed by atoms with E-state index in [1.165, 1.54) is 0 Å². The molecule has 0 spiro atoms. The highest BCUT2D eigenvalue weighted by molar-refractivity contribution is 6.40. The first kappa shape index (κ1) is 19.3. The predicted molar refractivity (Wildman–Crippen MR) is 107 cm³/mol. The van der Waals surface area contributed by atoms with Crippen LogP contribution in [-0.4, -0.2) is 17.7 Å². The fourth-order valence-electron chi connectivity index (χ4n) is 2.36. The first-order valence-electron chi connectivity index (χ1n) is 8.54. The van der Waals surface area contributed by atoms with Crippen molar-refractivity contribution in [2.24, 2.45) is 0 Å². The lowest BCUT2D eigenvalue weighted by atomic mass is 10.1. The molecular formula is C20H18Cl2N2O3. The van der Waals surface area contributed by atoms with Gasteiger partial charge in [0, 0.05) is 11.6 Å². The quantitative estimate of drug-likeness (QED) is 0.484. The molecule has 0 aliphatic carbocycles.